The lowest BCUT2D eigenvalue weighted by Crippen LogP contribution is -2.49. The third-order valence-electron chi connectivity index (χ3n) is 4.90. The number of amides is 1. The number of alkyl halides is 3. The van der Waals surface area contributed by atoms with Crippen molar-refractivity contribution in [2.24, 2.45) is 0 Å². The molecule has 0 saturated carbocycles. The summed E-state index contributed by atoms with van der Waals surface area (Å²) >= 11 is 7.15. The van der Waals surface area contributed by atoms with Gasteiger partial charge in [0.1, 0.15) is 11.6 Å². The molecule has 1 fully saturated rings. The lowest BCUT2D eigenvalue weighted by atomic mass is 10.2. The lowest BCUT2D eigenvalue weighted by molar-refractivity contribution is -0.137. The van der Waals surface area contributed by atoms with Crippen molar-refractivity contribution in [2.45, 2.75) is 18.3 Å². The van der Waals surface area contributed by atoms with E-state index < -0.39 is 11.7 Å². The van der Waals surface area contributed by atoms with Crippen molar-refractivity contribution in [1.29, 1.82) is 0 Å². The summed E-state index contributed by atoms with van der Waals surface area (Å²) in [7, 11) is 0. The average molecular weight is 488 g/mol. The maximum absolute atomic E-state index is 12.8. The Balaban J connectivity index is 1.30. The van der Waals surface area contributed by atoms with Crippen molar-refractivity contribution in [1.82, 2.24) is 20.1 Å². The van der Waals surface area contributed by atoms with Crippen LogP contribution in [0.15, 0.2) is 38.6 Å². The van der Waals surface area contributed by atoms with Crippen LogP contribution in [0, 0.1) is 6.92 Å². The number of aryl methyl sites for hydroxylation is 1. The van der Waals surface area contributed by atoms with Gasteiger partial charge in [-0.15, -0.1) is 10.2 Å². The van der Waals surface area contributed by atoms with Crippen LogP contribution >= 0.6 is 23.4 Å². The van der Waals surface area contributed by atoms with E-state index in [1.54, 1.807) is 22.8 Å². The van der Waals surface area contributed by atoms with Gasteiger partial charge < -0.3 is 18.6 Å². The van der Waals surface area contributed by atoms with Crippen molar-refractivity contribution >= 4 is 35.1 Å². The van der Waals surface area contributed by atoms with Gasteiger partial charge in [0, 0.05) is 32.4 Å². The highest BCUT2D eigenvalue weighted by molar-refractivity contribution is 7.99. The van der Waals surface area contributed by atoms with Crippen LogP contribution in [0.25, 0.3) is 11.5 Å². The monoisotopic (exact) mass is 487 g/mol. The number of pyridine rings is 1. The molecule has 0 aliphatic carbocycles. The zero-order chi connectivity index (χ0) is 22.9. The Morgan fingerprint density at radius 2 is 2.00 bits per heavy atom. The molecule has 4 rings (SSSR count). The van der Waals surface area contributed by atoms with E-state index in [4.69, 9.17) is 20.4 Å². The van der Waals surface area contributed by atoms with Gasteiger partial charge in [0.05, 0.1) is 28.2 Å². The molecule has 1 saturated heterocycles. The van der Waals surface area contributed by atoms with Gasteiger partial charge in [0.15, 0.2) is 0 Å². The van der Waals surface area contributed by atoms with Crippen molar-refractivity contribution in [2.75, 3.05) is 36.8 Å². The summed E-state index contributed by atoms with van der Waals surface area (Å²) < 4.78 is 49.1. The standard InChI is InChI=1S/C19H17ClF3N5O3S/c1-11-13(2-7-30-11)17-25-26-18(31-17)32-10-15(29)27-3-5-28(6-4-27)16-14(20)8-12(9-24-16)19(21,22)23/h2,7-9H,3-6,10H2,1H3. The van der Waals surface area contributed by atoms with Crippen LogP contribution < -0.4 is 4.90 Å². The van der Waals surface area contributed by atoms with Gasteiger partial charge in [-0.3, -0.25) is 4.79 Å². The third kappa shape index (κ3) is 4.85. The number of hydrogen-bond donors (Lipinski definition) is 0. The lowest BCUT2D eigenvalue weighted by Gasteiger charge is -2.35. The summed E-state index contributed by atoms with van der Waals surface area (Å²) in [4.78, 5) is 19.8. The number of thioether (sulfide) groups is 1. The second-order valence-electron chi connectivity index (χ2n) is 6.95. The first kappa shape index (κ1) is 22.5. The van der Waals surface area contributed by atoms with E-state index in [2.05, 4.69) is 15.2 Å². The Bertz CT molecular complexity index is 1110. The second-order valence-corrected chi connectivity index (χ2v) is 8.28. The first-order valence-corrected chi connectivity index (χ1v) is 10.8. The molecule has 0 atom stereocenters. The first-order valence-electron chi connectivity index (χ1n) is 9.48. The number of carbonyl (C=O) groups excluding carboxylic acids is 1. The molecule has 4 heterocycles. The SMILES string of the molecule is Cc1occc1-c1nnc(SCC(=O)N2CCN(c3ncc(C(F)(F)F)cc3Cl)CC2)o1. The molecule has 0 N–H and O–H groups in total. The zero-order valence-electron chi connectivity index (χ0n) is 16.7. The van der Waals surface area contributed by atoms with Gasteiger partial charge in [0.2, 0.25) is 5.91 Å². The van der Waals surface area contributed by atoms with Crippen LogP contribution in [0.3, 0.4) is 0 Å². The maximum Gasteiger partial charge on any atom is 0.417 e. The molecule has 3 aromatic heterocycles. The molecule has 0 spiro atoms. The van der Waals surface area contributed by atoms with E-state index in [0.717, 1.165) is 24.0 Å². The molecule has 170 valence electrons. The number of piperazine rings is 1. The minimum absolute atomic E-state index is 0.0739. The van der Waals surface area contributed by atoms with Crippen molar-refractivity contribution < 1.29 is 26.8 Å². The first-order chi connectivity index (χ1) is 15.2. The van der Waals surface area contributed by atoms with Crippen LogP contribution in [0.2, 0.25) is 5.02 Å². The number of rotatable bonds is 5. The van der Waals surface area contributed by atoms with E-state index in [1.165, 1.54) is 6.26 Å². The third-order valence-corrected chi connectivity index (χ3v) is 5.98. The Kier molecular flexibility index (Phi) is 6.33. The molecular weight excluding hydrogens is 471 g/mol. The highest BCUT2D eigenvalue weighted by Gasteiger charge is 2.32. The molecule has 32 heavy (non-hydrogen) atoms. The summed E-state index contributed by atoms with van der Waals surface area (Å²) in [5.74, 6) is 1.25. The molecule has 0 radical (unpaired) electrons. The molecule has 8 nitrogen and oxygen atoms in total. The summed E-state index contributed by atoms with van der Waals surface area (Å²) in [5, 5.41) is 8.10. The number of furan rings is 1. The normalized spacial score (nSPS) is 14.8. The van der Waals surface area contributed by atoms with Crippen molar-refractivity contribution in [3.63, 3.8) is 0 Å². The Morgan fingerprint density at radius 3 is 2.62 bits per heavy atom. The Morgan fingerprint density at radius 1 is 1.25 bits per heavy atom. The van der Waals surface area contributed by atoms with Gasteiger partial charge >= 0.3 is 6.18 Å². The fourth-order valence-electron chi connectivity index (χ4n) is 3.18. The predicted molar refractivity (Wildman–Crippen MR) is 111 cm³/mol. The van der Waals surface area contributed by atoms with Crippen molar-refractivity contribution in [3.05, 3.63) is 40.9 Å². The van der Waals surface area contributed by atoms with Crippen LogP contribution in [0.4, 0.5) is 19.0 Å². The number of aromatic nitrogens is 3. The molecule has 0 bridgehead atoms. The van der Waals surface area contributed by atoms with E-state index in [9.17, 15) is 18.0 Å². The number of nitrogens with zero attached hydrogens (tertiary/aromatic N) is 5. The van der Waals surface area contributed by atoms with Crippen LogP contribution in [-0.2, 0) is 11.0 Å². The topological polar surface area (TPSA) is 88.5 Å². The van der Waals surface area contributed by atoms with Crippen LogP contribution in [0.1, 0.15) is 11.3 Å². The van der Waals surface area contributed by atoms with Gasteiger partial charge in [-0.2, -0.15) is 13.2 Å². The average Bonchev–Trinajstić information content (AvgIpc) is 3.40. The minimum Gasteiger partial charge on any atom is -0.469 e. The maximum atomic E-state index is 12.8. The van der Waals surface area contributed by atoms with Crippen LogP contribution in [-0.4, -0.2) is 57.9 Å². The van der Waals surface area contributed by atoms with E-state index in [-0.39, 0.29) is 27.7 Å². The van der Waals surface area contributed by atoms with E-state index >= 15 is 0 Å². The highest BCUT2D eigenvalue weighted by Crippen LogP contribution is 2.34. The number of halogens is 4. The highest BCUT2D eigenvalue weighted by atomic mass is 35.5. The summed E-state index contributed by atoms with van der Waals surface area (Å²) in [5.41, 5.74) is -0.202. The molecular formula is C19H17ClF3N5O3S. The predicted octanol–water partition coefficient (Wildman–Crippen LogP) is 4.15. The molecule has 3 aromatic rings. The quantitative estimate of drug-likeness (QED) is 0.496. The van der Waals surface area contributed by atoms with Crippen molar-refractivity contribution in [3.8, 4) is 11.5 Å². The largest absolute Gasteiger partial charge is 0.469 e. The molecule has 13 heteroatoms. The number of anilines is 1. The summed E-state index contributed by atoms with van der Waals surface area (Å²) in [6, 6.07) is 2.58. The molecule has 1 aliphatic heterocycles. The van der Waals surface area contributed by atoms with Gasteiger partial charge in [-0.1, -0.05) is 23.4 Å². The molecule has 1 aliphatic rings. The number of hydrogen-bond acceptors (Lipinski definition) is 8. The molecule has 1 amide bonds. The van der Waals surface area contributed by atoms with Crippen LogP contribution in [0.5, 0.6) is 0 Å². The Labute approximate surface area is 189 Å². The van der Waals surface area contributed by atoms with Gasteiger partial charge in [-0.05, 0) is 19.1 Å². The summed E-state index contributed by atoms with van der Waals surface area (Å²) in [6.07, 6.45) is -2.22. The Hall–Kier alpha value is -2.73. The molecule has 0 unspecified atom stereocenters. The van der Waals surface area contributed by atoms with Gasteiger partial charge in [-0.25, -0.2) is 4.98 Å². The van der Waals surface area contributed by atoms with Gasteiger partial charge in [0.25, 0.3) is 11.1 Å². The minimum atomic E-state index is -4.51. The molecule has 0 aromatic carbocycles. The smallest absolute Gasteiger partial charge is 0.417 e. The fraction of sp³-hybridized carbons (Fsp3) is 0.368. The zero-order valence-corrected chi connectivity index (χ0v) is 18.3. The second kappa shape index (κ2) is 9.02. The summed E-state index contributed by atoms with van der Waals surface area (Å²) in [6.45, 7) is 3.37. The fourth-order valence-corrected chi connectivity index (χ4v) is 4.14. The van der Waals surface area contributed by atoms with E-state index in [0.29, 0.717) is 43.4 Å². The van der Waals surface area contributed by atoms with E-state index in [1.807, 2.05) is 0 Å². The number of carbonyl (C=O) groups is 1.